The molecule has 10 heteroatoms. The summed E-state index contributed by atoms with van der Waals surface area (Å²) in [6.45, 7) is 1.73. The van der Waals surface area contributed by atoms with Gasteiger partial charge < -0.3 is 15.0 Å². The van der Waals surface area contributed by atoms with E-state index in [4.69, 9.17) is 16.3 Å². The summed E-state index contributed by atoms with van der Waals surface area (Å²) in [7, 11) is -2.19. The van der Waals surface area contributed by atoms with Gasteiger partial charge in [-0.15, -0.1) is 11.3 Å². The number of carbonyl (C=O) groups excluding carboxylic acids is 1. The first-order valence-electron chi connectivity index (χ1n) is 9.92. The lowest BCUT2D eigenvalue weighted by atomic mass is 10.2. The number of piperazine rings is 1. The zero-order valence-electron chi connectivity index (χ0n) is 17.3. The highest BCUT2D eigenvalue weighted by molar-refractivity contribution is 7.89. The van der Waals surface area contributed by atoms with E-state index < -0.39 is 15.9 Å². The molecule has 0 saturated carbocycles. The number of hydrogen-bond acceptors (Lipinski definition) is 6. The van der Waals surface area contributed by atoms with E-state index in [0.29, 0.717) is 36.9 Å². The summed E-state index contributed by atoms with van der Waals surface area (Å²) >= 11 is 7.07. The van der Waals surface area contributed by atoms with E-state index in [2.05, 4.69) is 10.2 Å². The molecule has 4 rings (SSSR count). The molecule has 0 spiro atoms. The average Bonchev–Trinajstić information content (AvgIpc) is 3.30. The van der Waals surface area contributed by atoms with Gasteiger partial charge in [-0.2, -0.15) is 4.31 Å². The van der Waals surface area contributed by atoms with Crippen LogP contribution in [0.15, 0.2) is 64.9 Å². The van der Waals surface area contributed by atoms with E-state index >= 15 is 0 Å². The molecule has 2 heterocycles. The molecule has 1 amide bonds. The highest BCUT2D eigenvalue weighted by Gasteiger charge is 2.32. The van der Waals surface area contributed by atoms with Gasteiger partial charge in [0.05, 0.1) is 7.11 Å². The molecular formula is C22H22ClN3O4S2. The smallest absolute Gasteiger partial charge is 0.267 e. The fourth-order valence-electron chi connectivity index (χ4n) is 3.55. The number of methoxy groups -OCH3 is 1. The number of halogens is 1. The van der Waals surface area contributed by atoms with E-state index in [1.54, 1.807) is 36.8 Å². The molecular weight excluding hydrogens is 470 g/mol. The van der Waals surface area contributed by atoms with Gasteiger partial charge in [-0.25, -0.2) is 8.42 Å². The third kappa shape index (κ3) is 4.75. The molecule has 1 N–H and O–H groups in total. The number of thiophene rings is 1. The largest absolute Gasteiger partial charge is 0.497 e. The predicted molar refractivity (Wildman–Crippen MR) is 128 cm³/mol. The van der Waals surface area contributed by atoms with E-state index in [1.165, 1.54) is 10.4 Å². The fourth-order valence-corrected chi connectivity index (χ4v) is 6.46. The van der Waals surface area contributed by atoms with Crippen molar-refractivity contribution in [3.8, 4) is 5.75 Å². The normalized spacial score (nSPS) is 14.9. The maximum Gasteiger partial charge on any atom is 0.267 e. The van der Waals surface area contributed by atoms with Crippen molar-refractivity contribution in [1.82, 2.24) is 4.31 Å². The predicted octanol–water partition coefficient (Wildman–Crippen LogP) is 4.17. The molecule has 32 heavy (non-hydrogen) atoms. The van der Waals surface area contributed by atoms with E-state index in [0.717, 1.165) is 22.8 Å². The molecule has 1 saturated heterocycles. The van der Waals surface area contributed by atoms with Crippen LogP contribution in [0.2, 0.25) is 5.02 Å². The van der Waals surface area contributed by atoms with Crippen molar-refractivity contribution >= 4 is 50.2 Å². The standard InChI is InChI=1S/C22H22ClN3O4S2/c1-30-19-7-3-6-18(15-19)25-9-11-26(12-10-25)32(28,29)20-8-13-31-21(20)22(27)24-17-5-2-4-16(23)14-17/h2-8,13-15H,9-12H2,1H3,(H,24,27). The summed E-state index contributed by atoms with van der Waals surface area (Å²) in [5.41, 5.74) is 1.49. The lowest BCUT2D eigenvalue weighted by Gasteiger charge is -2.35. The third-order valence-electron chi connectivity index (χ3n) is 5.19. The quantitative estimate of drug-likeness (QED) is 0.559. The average molecular weight is 492 g/mol. The van der Waals surface area contributed by atoms with Crippen molar-refractivity contribution in [2.45, 2.75) is 4.90 Å². The number of ether oxygens (including phenoxy) is 1. The number of amides is 1. The topological polar surface area (TPSA) is 79.0 Å². The van der Waals surface area contributed by atoms with Crippen molar-refractivity contribution in [2.75, 3.05) is 43.5 Å². The van der Waals surface area contributed by atoms with Crippen LogP contribution in [0.1, 0.15) is 9.67 Å². The molecule has 0 bridgehead atoms. The van der Waals surface area contributed by atoms with Crippen LogP contribution in [-0.2, 0) is 10.0 Å². The second-order valence-electron chi connectivity index (χ2n) is 7.17. The molecule has 1 aromatic heterocycles. The number of rotatable bonds is 6. The molecule has 168 valence electrons. The number of anilines is 2. The number of benzene rings is 2. The summed E-state index contributed by atoms with van der Waals surface area (Å²) in [5.74, 6) is 0.280. The minimum atomic E-state index is -3.81. The Balaban J connectivity index is 1.48. The SMILES string of the molecule is COc1cccc(N2CCN(S(=O)(=O)c3ccsc3C(=O)Nc3cccc(Cl)c3)CC2)c1. The van der Waals surface area contributed by atoms with E-state index in [1.807, 2.05) is 24.3 Å². The van der Waals surface area contributed by atoms with Crippen molar-refractivity contribution in [3.05, 3.63) is 69.9 Å². The van der Waals surface area contributed by atoms with Crippen LogP contribution in [0.25, 0.3) is 0 Å². The number of carbonyl (C=O) groups is 1. The zero-order chi connectivity index (χ0) is 22.7. The first-order valence-corrected chi connectivity index (χ1v) is 12.6. The Morgan fingerprint density at radius 1 is 1.06 bits per heavy atom. The number of sulfonamides is 1. The van der Waals surface area contributed by atoms with Crippen LogP contribution < -0.4 is 15.0 Å². The maximum absolute atomic E-state index is 13.3. The molecule has 2 aromatic carbocycles. The van der Waals surface area contributed by atoms with Crippen LogP contribution in [0.3, 0.4) is 0 Å². The molecule has 0 radical (unpaired) electrons. The molecule has 0 unspecified atom stereocenters. The van der Waals surface area contributed by atoms with Gasteiger partial charge in [-0.3, -0.25) is 4.79 Å². The molecule has 3 aromatic rings. The minimum Gasteiger partial charge on any atom is -0.497 e. The highest BCUT2D eigenvalue weighted by Crippen LogP contribution is 2.29. The Morgan fingerprint density at radius 3 is 2.53 bits per heavy atom. The summed E-state index contributed by atoms with van der Waals surface area (Å²) in [6, 6.07) is 15.9. The lowest BCUT2D eigenvalue weighted by molar-refractivity contribution is 0.102. The summed E-state index contributed by atoms with van der Waals surface area (Å²) in [5, 5.41) is 4.82. The number of nitrogens with zero attached hydrogens (tertiary/aromatic N) is 2. The van der Waals surface area contributed by atoms with Gasteiger partial charge in [-0.1, -0.05) is 23.7 Å². The number of hydrogen-bond donors (Lipinski definition) is 1. The van der Waals surface area contributed by atoms with Crippen LogP contribution in [0.5, 0.6) is 5.75 Å². The Morgan fingerprint density at radius 2 is 1.81 bits per heavy atom. The molecule has 7 nitrogen and oxygen atoms in total. The van der Waals surface area contributed by atoms with Gasteiger partial charge >= 0.3 is 0 Å². The Bertz CT molecular complexity index is 1220. The second-order valence-corrected chi connectivity index (χ2v) is 10.4. The Labute approximate surface area is 196 Å². The monoisotopic (exact) mass is 491 g/mol. The van der Waals surface area contributed by atoms with Crippen molar-refractivity contribution in [3.63, 3.8) is 0 Å². The van der Waals surface area contributed by atoms with Crippen LogP contribution in [0, 0.1) is 0 Å². The van der Waals surface area contributed by atoms with Crippen molar-refractivity contribution in [2.24, 2.45) is 0 Å². The molecule has 1 aliphatic rings. The van der Waals surface area contributed by atoms with E-state index in [-0.39, 0.29) is 9.77 Å². The number of nitrogens with one attached hydrogen (secondary N) is 1. The van der Waals surface area contributed by atoms with Crippen LogP contribution in [-0.4, -0.2) is 51.9 Å². The van der Waals surface area contributed by atoms with Gasteiger partial charge in [0, 0.05) is 48.6 Å². The first-order chi connectivity index (χ1) is 15.4. The zero-order valence-corrected chi connectivity index (χ0v) is 19.7. The van der Waals surface area contributed by atoms with Gasteiger partial charge in [0.25, 0.3) is 5.91 Å². The highest BCUT2D eigenvalue weighted by atomic mass is 35.5. The first kappa shape index (κ1) is 22.6. The minimum absolute atomic E-state index is 0.0249. The van der Waals surface area contributed by atoms with Crippen LogP contribution in [0.4, 0.5) is 11.4 Å². The Hall–Kier alpha value is -2.59. The summed E-state index contributed by atoms with van der Waals surface area (Å²) < 4.78 is 33.3. The van der Waals surface area contributed by atoms with Crippen molar-refractivity contribution in [1.29, 1.82) is 0 Å². The van der Waals surface area contributed by atoms with Gasteiger partial charge in [-0.05, 0) is 41.8 Å². The molecule has 1 fully saturated rings. The van der Waals surface area contributed by atoms with Gasteiger partial charge in [0.15, 0.2) is 0 Å². The van der Waals surface area contributed by atoms with Gasteiger partial charge in [0.1, 0.15) is 15.5 Å². The van der Waals surface area contributed by atoms with Gasteiger partial charge in [0.2, 0.25) is 10.0 Å². The van der Waals surface area contributed by atoms with Crippen molar-refractivity contribution < 1.29 is 17.9 Å². The fraction of sp³-hybridized carbons (Fsp3) is 0.227. The Kier molecular flexibility index (Phi) is 6.71. The van der Waals surface area contributed by atoms with E-state index in [9.17, 15) is 13.2 Å². The molecule has 0 atom stereocenters. The summed E-state index contributed by atoms with van der Waals surface area (Å²) in [4.78, 5) is 15.1. The molecule has 1 aliphatic heterocycles. The maximum atomic E-state index is 13.3. The third-order valence-corrected chi connectivity index (χ3v) is 8.41. The lowest BCUT2D eigenvalue weighted by Crippen LogP contribution is -2.48. The van der Waals surface area contributed by atoms with Crippen LogP contribution >= 0.6 is 22.9 Å². The second kappa shape index (κ2) is 9.50. The molecule has 0 aliphatic carbocycles. The summed E-state index contributed by atoms with van der Waals surface area (Å²) in [6.07, 6.45) is 0.